The summed E-state index contributed by atoms with van der Waals surface area (Å²) in [6.07, 6.45) is 5.43. The Morgan fingerprint density at radius 3 is 2.70 bits per heavy atom. The quantitative estimate of drug-likeness (QED) is 0.760. The van der Waals surface area contributed by atoms with E-state index in [1.807, 2.05) is 29.2 Å². The zero-order valence-electron chi connectivity index (χ0n) is 13.9. The summed E-state index contributed by atoms with van der Waals surface area (Å²) in [6, 6.07) is 7.40. The Morgan fingerprint density at radius 1 is 1.17 bits per heavy atom. The predicted molar refractivity (Wildman–Crippen MR) is 92.6 cm³/mol. The maximum Gasteiger partial charge on any atom is 0.253 e. The third-order valence-corrected chi connectivity index (χ3v) is 4.06. The van der Waals surface area contributed by atoms with Crippen LogP contribution in [-0.2, 0) is 4.79 Å². The highest BCUT2D eigenvalue weighted by atomic mass is 16.2. The molecule has 0 radical (unpaired) electrons. The lowest BCUT2D eigenvalue weighted by Crippen LogP contribution is -2.35. The highest BCUT2D eigenvalue weighted by molar-refractivity contribution is 5.95. The number of unbranched alkanes of at least 4 members (excludes halogenated alkanes) is 1. The van der Waals surface area contributed by atoms with E-state index in [0.29, 0.717) is 12.1 Å². The van der Waals surface area contributed by atoms with Crippen LogP contribution in [0.3, 0.4) is 0 Å². The minimum Gasteiger partial charge on any atom is -0.376 e. The van der Waals surface area contributed by atoms with Gasteiger partial charge in [-0.3, -0.25) is 9.59 Å². The number of carbonyl (C=O) groups is 2. The summed E-state index contributed by atoms with van der Waals surface area (Å²) in [5.74, 6) is 0.0620. The van der Waals surface area contributed by atoms with Gasteiger partial charge in [-0.25, -0.2) is 0 Å². The molecular weight excluding hydrogens is 290 g/mol. The first-order valence-electron chi connectivity index (χ1n) is 8.60. The Bertz CT molecular complexity index is 525. The van der Waals surface area contributed by atoms with Crippen LogP contribution in [0.25, 0.3) is 0 Å². The molecule has 0 unspecified atom stereocenters. The van der Waals surface area contributed by atoms with Gasteiger partial charge in [-0.15, -0.1) is 0 Å². The molecule has 5 nitrogen and oxygen atoms in total. The highest BCUT2D eigenvalue weighted by Gasteiger charge is 2.18. The van der Waals surface area contributed by atoms with E-state index in [9.17, 15) is 9.59 Å². The summed E-state index contributed by atoms with van der Waals surface area (Å²) in [5, 5.41) is 5.95. The molecule has 0 aromatic heterocycles. The minimum absolute atomic E-state index is 0.0220. The fourth-order valence-corrected chi connectivity index (χ4v) is 2.69. The van der Waals surface area contributed by atoms with E-state index < -0.39 is 0 Å². The molecule has 1 fully saturated rings. The largest absolute Gasteiger partial charge is 0.376 e. The van der Waals surface area contributed by atoms with Crippen molar-refractivity contribution in [1.29, 1.82) is 0 Å². The molecule has 23 heavy (non-hydrogen) atoms. The summed E-state index contributed by atoms with van der Waals surface area (Å²) < 4.78 is 0. The van der Waals surface area contributed by atoms with Gasteiger partial charge in [0, 0.05) is 30.9 Å². The molecule has 1 aliphatic rings. The first kappa shape index (κ1) is 17.3. The van der Waals surface area contributed by atoms with Crippen LogP contribution in [0, 0.1) is 0 Å². The number of carbonyl (C=O) groups excluding carboxylic acids is 2. The number of nitrogens with zero attached hydrogens (tertiary/aromatic N) is 1. The van der Waals surface area contributed by atoms with Crippen LogP contribution in [0.2, 0.25) is 0 Å². The van der Waals surface area contributed by atoms with Crippen LogP contribution in [0.1, 0.15) is 49.4 Å². The standard InChI is InChI=1S/C18H27N3O2/c1-2-3-10-19-17(22)14-20-16-9-7-8-15(13-16)18(23)21-11-5-4-6-12-21/h7-9,13,20H,2-6,10-12,14H2,1H3,(H,19,22). The number of nitrogens with one attached hydrogen (secondary N) is 2. The molecule has 0 bridgehead atoms. The van der Waals surface area contributed by atoms with Gasteiger partial charge in [0.05, 0.1) is 6.54 Å². The second kappa shape index (κ2) is 9.18. The molecular formula is C18H27N3O2. The van der Waals surface area contributed by atoms with Gasteiger partial charge in [0.15, 0.2) is 0 Å². The molecule has 1 aromatic carbocycles. The van der Waals surface area contributed by atoms with Crippen molar-refractivity contribution >= 4 is 17.5 Å². The molecule has 0 saturated carbocycles. The number of amides is 2. The van der Waals surface area contributed by atoms with Crippen molar-refractivity contribution in [2.75, 3.05) is 31.5 Å². The molecule has 1 aromatic rings. The molecule has 2 rings (SSSR count). The first-order chi connectivity index (χ1) is 11.2. The highest BCUT2D eigenvalue weighted by Crippen LogP contribution is 2.16. The topological polar surface area (TPSA) is 61.4 Å². The van der Waals surface area contributed by atoms with E-state index in [1.165, 1.54) is 6.42 Å². The number of hydrogen-bond donors (Lipinski definition) is 2. The summed E-state index contributed by atoms with van der Waals surface area (Å²) in [4.78, 5) is 26.1. The van der Waals surface area contributed by atoms with Crippen LogP contribution in [0.5, 0.6) is 0 Å². The minimum atomic E-state index is -0.0220. The van der Waals surface area contributed by atoms with Crippen molar-refractivity contribution in [3.63, 3.8) is 0 Å². The zero-order chi connectivity index (χ0) is 16.5. The van der Waals surface area contributed by atoms with Crippen molar-refractivity contribution in [3.05, 3.63) is 29.8 Å². The summed E-state index contributed by atoms with van der Waals surface area (Å²) >= 11 is 0. The number of piperidine rings is 1. The number of likely N-dealkylation sites (tertiary alicyclic amines) is 1. The van der Waals surface area contributed by atoms with Crippen LogP contribution in [-0.4, -0.2) is 42.9 Å². The average molecular weight is 317 g/mol. The predicted octanol–water partition coefficient (Wildman–Crippen LogP) is 2.64. The summed E-state index contributed by atoms with van der Waals surface area (Å²) in [6.45, 7) is 4.72. The summed E-state index contributed by atoms with van der Waals surface area (Å²) in [7, 11) is 0. The average Bonchev–Trinajstić information content (AvgIpc) is 2.60. The molecule has 0 spiro atoms. The molecule has 0 atom stereocenters. The monoisotopic (exact) mass is 317 g/mol. The second-order valence-electron chi connectivity index (χ2n) is 5.99. The molecule has 1 heterocycles. The maximum absolute atomic E-state index is 12.5. The maximum atomic E-state index is 12.5. The Morgan fingerprint density at radius 2 is 1.96 bits per heavy atom. The van der Waals surface area contributed by atoms with Crippen molar-refractivity contribution in [1.82, 2.24) is 10.2 Å². The van der Waals surface area contributed by atoms with E-state index in [1.54, 1.807) is 0 Å². The lowest BCUT2D eigenvalue weighted by atomic mass is 10.1. The number of anilines is 1. The molecule has 2 N–H and O–H groups in total. The molecule has 126 valence electrons. The number of hydrogen-bond acceptors (Lipinski definition) is 3. The normalized spacial score (nSPS) is 14.4. The fourth-order valence-electron chi connectivity index (χ4n) is 2.69. The van der Waals surface area contributed by atoms with E-state index in [4.69, 9.17) is 0 Å². The van der Waals surface area contributed by atoms with E-state index in [2.05, 4.69) is 17.6 Å². The lowest BCUT2D eigenvalue weighted by molar-refractivity contribution is -0.119. The van der Waals surface area contributed by atoms with Crippen molar-refractivity contribution in [2.24, 2.45) is 0 Å². The van der Waals surface area contributed by atoms with Gasteiger partial charge in [0.25, 0.3) is 5.91 Å². The third kappa shape index (κ3) is 5.58. The summed E-state index contributed by atoms with van der Waals surface area (Å²) in [5.41, 5.74) is 1.49. The number of rotatable bonds is 7. The Labute approximate surface area is 138 Å². The van der Waals surface area contributed by atoms with Crippen molar-refractivity contribution < 1.29 is 9.59 Å². The van der Waals surface area contributed by atoms with Gasteiger partial charge in [-0.1, -0.05) is 19.4 Å². The number of benzene rings is 1. The van der Waals surface area contributed by atoms with E-state index >= 15 is 0 Å². The van der Waals surface area contributed by atoms with Crippen LogP contribution < -0.4 is 10.6 Å². The molecule has 1 aliphatic heterocycles. The zero-order valence-corrected chi connectivity index (χ0v) is 13.9. The molecule has 5 heteroatoms. The fraction of sp³-hybridized carbons (Fsp3) is 0.556. The second-order valence-corrected chi connectivity index (χ2v) is 5.99. The van der Waals surface area contributed by atoms with Gasteiger partial charge in [-0.2, -0.15) is 0 Å². The first-order valence-corrected chi connectivity index (χ1v) is 8.60. The molecule has 0 aliphatic carbocycles. The van der Waals surface area contributed by atoms with Crippen LogP contribution in [0.4, 0.5) is 5.69 Å². The van der Waals surface area contributed by atoms with Crippen LogP contribution >= 0.6 is 0 Å². The van der Waals surface area contributed by atoms with Gasteiger partial charge >= 0.3 is 0 Å². The molecule has 2 amide bonds. The van der Waals surface area contributed by atoms with Crippen molar-refractivity contribution in [2.45, 2.75) is 39.0 Å². The van der Waals surface area contributed by atoms with Crippen LogP contribution in [0.15, 0.2) is 24.3 Å². The lowest BCUT2D eigenvalue weighted by Gasteiger charge is -2.26. The van der Waals surface area contributed by atoms with Gasteiger partial charge < -0.3 is 15.5 Å². The van der Waals surface area contributed by atoms with E-state index in [-0.39, 0.29) is 18.4 Å². The van der Waals surface area contributed by atoms with Gasteiger partial charge in [-0.05, 0) is 43.9 Å². The SMILES string of the molecule is CCCCNC(=O)CNc1cccc(C(=O)N2CCCCC2)c1. The Kier molecular flexibility index (Phi) is 6.91. The molecule has 1 saturated heterocycles. The third-order valence-electron chi connectivity index (χ3n) is 4.06. The van der Waals surface area contributed by atoms with Crippen molar-refractivity contribution in [3.8, 4) is 0 Å². The van der Waals surface area contributed by atoms with Gasteiger partial charge in [0.2, 0.25) is 5.91 Å². The van der Waals surface area contributed by atoms with E-state index in [0.717, 1.165) is 44.5 Å². The Hall–Kier alpha value is -2.04. The van der Waals surface area contributed by atoms with Gasteiger partial charge in [0.1, 0.15) is 0 Å². The Balaban J connectivity index is 1.86. The smallest absolute Gasteiger partial charge is 0.253 e.